The number of carbonyl (C=O) groups excluding carboxylic acids is 2. The first-order chi connectivity index (χ1) is 11.1. The lowest BCUT2D eigenvalue weighted by Gasteiger charge is -2.32. The SMILES string of the molecule is CCOC(C(=O)OCC(C)=O)(c1ccccc1)c1ccccc1. The molecule has 0 N–H and O–H groups in total. The lowest BCUT2D eigenvalue weighted by atomic mass is 9.86. The second-order valence-electron chi connectivity index (χ2n) is 5.12. The van der Waals surface area contributed by atoms with E-state index in [1.807, 2.05) is 67.6 Å². The molecule has 2 aromatic rings. The first-order valence-electron chi connectivity index (χ1n) is 7.53. The number of hydrogen-bond acceptors (Lipinski definition) is 4. The van der Waals surface area contributed by atoms with Crippen LogP contribution in [0, 0.1) is 0 Å². The Kier molecular flexibility index (Phi) is 5.66. The highest BCUT2D eigenvalue weighted by Gasteiger charge is 2.44. The molecule has 0 saturated heterocycles. The molecular weight excluding hydrogens is 292 g/mol. The topological polar surface area (TPSA) is 52.6 Å². The van der Waals surface area contributed by atoms with E-state index in [0.717, 1.165) is 0 Å². The second-order valence-corrected chi connectivity index (χ2v) is 5.12. The van der Waals surface area contributed by atoms with Crippen molar-refractivity contribution in [2.45, 2.75) is 19.4 Å². The maximum Gasteiger partial charge on any atom is 0.348 e. The van der Waals surface area contributed by atoms with Crippen LogP contribution in [0.3, 0.4) is 0 Å². The van der Waals surface area contributed by atoms with E-state index in [1.54, 1.807) is 0 Å². The maximum absolute atomic E-state index is 12.9. The van der Waals surface area contributed by atoms with Gasteiger partial charge in [-0.25, -0.2) is 4.79 Å². The minimum atomic E-state index is -1.38. The van der Waals surface area contributed by atoms with Crippen LogP contribution in [-0.2, 0) is 24.7 Å². The van der Waals surface area contributed by atoms with Gasteiger partial charge in [-0.2, -0.15) is 0 Å². The van der Waals surface area contributed by atoms with E-state index in [4.69, 9.17) is 9.47 Å². The predicted octanol–water partition coefficient (Wildman–Crippen LogP) is 3.10. The first kappa shape index (κ1) is 16.9. The molecule has 0 aliphatic rings. The van der Waals surface area contributed by atoms with Crippen molar-refractivity contribution in [3.05, 3.63) is 71.8 Å². The van der Waals surface area contributed by atoms with Crippen LogP contribution < -0.4 is 0 Å². The number of ether oxygens (including phenoxy) is 2. The summed E-state index contributed by atoms with van der Waals surface area (Å²) in [5, 5.41) is 0. The monoisotopic (exact) mass is 312 g/mol. The van der Waals surface area contributed by atoms with Crippen LogP contribution in [0.5, 0.6) is 0 Å². The summed E-state index contributed by atoms with van der Waals surface area (Å²) in [5.41, 5.74) is -0.0459. The quantitative estimate of drug-likeness (QED) is 0.737. The fourth-order valence-corrected chi connectivity index (χ4v) is 2.46. The van der Waals surface area contributed by atoms with Crippen molar-refractivity contribution >= 4 is 11.8 Å². The van der Waals surface area contributed by atoms with Crippen LogP contribution in [0.15, 0.2) is 60.7 Å². The highest BCUT2D eigenvalue weighted by molar-refractivity contribution is 5.88. The Hall–Kier alpha value is -2.46. The summed E-state index contributed by atoms with van der Waals surface area (Å²) in [4.78, 5) is 24.0. The number of esters is 1. The summed E-state index contributed by atoms with van der Waals surface area (Å²) < 4.78 is 11.1. The van der Waals surface area contributed by atoms with Crippen molar-refractivity contribution in [1.82, 2.24) is 0 Å². The Labute approximate surface area is 136 Å². The molecule has 4 heteroatoms. The van der Waals surface area contributed by atoms with Gasteiger partial charge in [0.25, 0.3) is 0 Å². The van der Waals surface area contributed by atoms with Gasteiger partial charge in [0.2, 0.25) is 5.60 Å². The lowest BCUT2D eigenvalue weighted by molar-refractivity contribution is -0.169. The fourth-order valence-electron chi connectivity index (χ4n) is 2.46. The zero-order valence-electron chi connectivity index (χ0n) is 13.3. The number of ketones is 1. The molecule has 0 heterocycles. The average Bonchev–Trinajstić information content (AvgIpc) is 2.59. The van der Waals surface area contributed by atoms with E-state index in [2.05, 4.69) is 0 Å². The van der Waals surface area contributed by atoms with Crippen LogP contribution in [0.4, 0.5) is 0 Å². The first-order valence-corrected chi connectivity index (χ1v) is 7.53. The molecule has 0 aromatic heterocycles. The number of hydrogen-bond donors (Lipinski definition) is 0. The van der Waals surface area contributed by atoms with E-state index in [0.29, 0.717) is 17.7 Å². The smallest absolute Gasteiger partial charge is 0.348 e. The Bertz CT molecular complexity index is 610. The molecule has 2 rings (SSSR count). The molecule has 0 spiro atoms. The molecule has 0 unspecified atom stereocenters. The van der Waals surface area contributed by atoms with Gasteiger partial charge in [0.05, 0.1) is 0 Å². The maximum atomic E-state index is 12.9. The second kappa shape index (κ2) is 7.70. The van der Waals surface area contributed by atoms with Crippen LogP contribution in [0.1, 0.15) is 25.0 Å². The van der Waals surface area contributed by atoms with Gasteiger partial charge in [-0.05, 0) is 25.0 Å². The molecule has 0 radical (unpaired) electrons. The Morgan fingerprint density at radius 3 is 1.78 bits per heavy atom. The van der Waals surface area contributed by atoms with Gasteiger partial charge < -0.3 is 9.47 Å². The summed E-state index contributed by atoms with van der Waals surface area (Å²) in [7, 11) is 0. The Morgan fingerprint density at radius 2 is 1.39 bits per heavy atom. The zero-order chi connectivity index (χ0) is 16.7. The van der Waals surface area contributed by atoms with E-state index in [1.165, 1.54) is 6.92 Å². The molecule has 0 aliphatic carbocycles. The van der Waals surface area contributed by atoms with Crippen LogP contribution in [0.25, 0.3) is 0 Å². The third-order valence-corrected chi connectivity index (χ3v) is 3.42. The Balaban J connectivity index is 2.56. The van der Waals surface area contributed by atoms with Gasteiger partial charge in [0.1, 0.15) is 6.61 Å². The average molecular weight is 312 g/mol. The summed E-state index contributed by atoms with van der Waals surface area (Å²) in [6, 6.07) is 18.4. The summed E-state index contributed by atoms with van der Waals surface area (Å²) in [6.45, 7) is 3.24. The van der Waals surface area contributed by atoms with Gasteiger partial charge in [0.15, 0.2) is 5.78 Å². The van der Waals surface area contributed by atoms with Crippen molar-refractivity contribution in [3.63, 3.8) is 0 Å². The molecular formula is C19H20O4. The number of Topliss-reactive ketones (excluding diaryl/α,β-unsaturated/α-hetero) is 1. The largest absolute Gasteiger partial charge is 0.455 e. The molecule has 0 amide bonds. The normalized spacial score (nSPS) is 11.0. The minimum absolute atomic E-state index is 0.218. The van der Waals surface area contributed by atoms with Gasteiger partial charge in [0, 0.05) is 6.61 Å². The highest BCUT2D eigenvalue weighted by Crippen LogP contribution is 2.35. The molecule has 4 nitrogen and oxygen atoms in total. The molecule has 120 valence electrons. The van der Waals surface area contributed by atoms with Gasteiger partial charge in [-0.1, -0.05) is 60.7 Å². The van der Waals surface area contributed by atoms with Crippen molar-refractivity contribution in [2.24, 2.45) is 0 Å². The summed E-state index contributed by atoms with van der Waals surface area (Å²) in [6.07, 6.45) is 0. The fraction of sp³-hybridized carbons (Fsp3) is 0.263. The van der Waals surface area contributed by atoms with E-state index in [9.17, 15) is 9.59 Å². The minimum Gasteiger partial charge on any atom is -0.455 e. The van der Waals surface area contributed by atoms with E-state index >= 15 is 0 Å². The molecule has 0 atom stereocenters. The molecule has 23 heavy (non-hydrogen) atoms. The summed E-state index contributed by atoms with van der Waals surface area (Å²) in [5.74, 6) is -0.808. The Morgan fingerprint density at radius 1 is 0.913 bits per heavy atom. The van der Waals surface area contributed by atoms with E-state index < -0.39 is 11.6 Å². The third-order valence-electron chi connectivity index (χ3n) is 3.42. The van der Waals surface area contributed by atoms with Gasteiger partial charge in [-0.15, -0.1) is 0 Å². The summed E-state index contributed by atoms with van der Waals surface area (Å²) >= 11 is 0. The van der Waals surface area contributed by atoms with Gasteiger partial charge >= 0.3 is 5.97 Å². The standard InChI is InChI=1S/C19H20O4/c1-3-23-19(16-10-6-4-7-11-16,17-12-8-5-9-13-17)18(21)22-14-15(2)20/h4-13H,3,14H2,1-2H3. The van der Waals surface area contributed by atoms with Gasteiger partial charge in [-0.3, -0.25) is 4.79 Å². The number of benzene rings is 2. The zero-order valence-corrected chi connectivity index (χ0v) is 13.3. The number of rotatable bonds is 7. The van der Waals surface area contributed by atoms with Crippen LogP contribution in [0.2, 0.25) is 0 Å². The van der Waals surface area contributed by atoms with Crippen LogP contribution >= 0.6 is 0 Å². The van der Waals surface area contributed by atoms with Crippen molar-refractivity contribution < 1.29 is 19.1 Å². The molecule has 0 saturated carbocycles. The molecule has 2 aromatic carbocycles. The third kappa shape index (κ3) is 3.66. The van der Waals surface area contributed by atoms with Crippen molar-refractivity contribution in [1.29, 1.82) is 0 Å². The van der Waals surface area contributed by atoms with Crippen LogP contribution in [-0.4, -0.2) is 25.0 Å². The number of carbonyl (C=O) groups is 2. The van der Waals surface area contributed by atoms with Crippen molar-refractivity contribution in [3.8, 4) is 0 Å². The molecule has 0 bridgehead atoms. The molecule has 0 aliphatic heterocycles. The van der Waals surface area contributed by atoms with Crippen molar-refractivity contribution in [2.75, 3.05) is 13.2 Å². The highest BCUT2D eigenvalue weighted by atomic mass is 16.6. The predicted molar refractivity (Wildman–Crippen MR) is 86.9 cm³/mol. The molecule has 0 fully saturated rings. The lowest BCUT2D eigenvalue weighted by Crippen LogP contribution is -2.42. The van der Waals surface area contributed by atoms with E-state index in [-0.39, 0.29) is 12.4 Å².